The van der Waals surface area contributed by atoms with Crippen molar-refractivity contribution in [3.8, 4) is 0 Å². The molecule has 86 valence electrons. The van der Waals surface area contributed by atoms with E-state index >= 15 is 0 Å². The van der Waals surface area contributed by atoms with Gasteiger partial charge in [0.05, 0.1) is 13.0 Å². The topological polar surface area (TPSA) is 38.3 Å². The first-order chi connectivity index (χ1) is 7.22. The van der Waals surface area contributed by atoms with Crippen LogP contribution in [0.1, 0.15) is 32.6 Å². The van der Waals surface area contributed by atoms with E-state index in [1.54, 1.807) is 0 Å². The van der Waals surface area contributed by atoms with E-state index in [0.29, 0.717) is 12.0 Å². The fourth-order valence-corrected chi connectivity index (χ4v) is 3.21. The Kier molecular flexibility index (Phi) is 3.29. The highest BCUT2D eigenvalue weighted by molar-refractivity contribution is 5.73. The van der Waals surface area contributed by atoms with E-state index in [1.807, 2.05) is 0 Å². The van der Waals surface area contributed by atoms with Gasteiger partial charge in [-0.1, -0.05) is 6.92 Å². The van der Waals surface area contributed by atoms with Crippen molar-refractivity contribution in [2.24, 2.45) is 17.8 Å². The first-order valence-electron chi connectivity index (χ1n) is 6.03. The molecule has 15 heavy (non-hydrogen) atoms. The van der Waals surface area contributed by atoms with Crippen molar-refractivity contribution in [3.05, 3.63) is 0 Å². The lowest BCUT2D eigenvalue weighted by atomic mass is 9.69. The second-order valence-electron chi connectivity index (χ2n) is 5.06. The molecule has 1 N–H and O–H groups in total. The Labute approximate surface area is 91.6 Å². The fourth-order valence-electron chi connectivity index (χ4n) is 3.21. The van der Waals surface area contributed by atoms with Crippen LogP contribution in [-0.2, 0) is 9.53 Å². The zero-order valence-corrected chi connectivity index (χ0v) is 9.66. The molecule has 1 aliphatic heterocycles. The van der Waals surface area contributed by atoms with Crippen LogP contribution in [0.4, 0.5) is 0 Å². The van der Waals surface area contributed by atoms with Crippen LogP contribution >= 0.6 is 0 Å². The molecule has 0 aromatic heterocycles. The van der Waals surface area contributed by atoms with Gasteiger partial charge in [-0.3, -0.25) is 4.79 Å². The summed E-state index contributed by atoms with van der Waals surface area (Å²) in [5.74, 6) is 1.41. The molecule has 0 aromatic carbocycles. The van der Waals surface area contributed by atoms with Crippen molar-refractivity contribution < 1.29 is 9.53 Å². The minimum Gasteiger partial charge on any atom is -0.469 e. The molecular formula is C12H21NO2. The van der Waals surface area contributed by atoms with Crippen molar-refractivity contribution in [2.45, 2.75) is 38.6 Å². The highest BCUT2D eigenvalue weighted by Gasteiger charge is 2.40. The SMILES string of the molecule is COC(=O)C1CCNC2CCC(C)CC21. The lowest BCUT2D eigenvalue weighted by Gasteiger charge is -2.42. The summed E-state index contributed by atoms with van der Waals surface area (Å²) in [6, 6.07) is 0.555. The number of fused-ring (bicyclic) bond motifs is 1. The molecule has 1 saturated carbocycles. The lowest BCUT2D eigenvalue weighted by molar-refractivity contribution is -0.150. The second kappa shape index (κ2) is 4.52. The zero-order valence-electron chi connectivity index (χ0n) is 9.66. The van der Waals surface area contributed by atoms with Gasteiger partial charge in [-0.25, -0.2) is 0 Å². The van der Waals surface area contributed by atoms with Crippen LogP contribution in [-0.4, -0.2) is 25.7 Å². The van der Waals surface area contributed by atoms with Crippen molar-refractivity contribution in [1.82, 2.24) is 5.32 Å². The molecule has 1 heterocycles. The van der Waals surface area contributed by atoms with Crippen molar-refractivity contribution in [2.75, 3.05) is 13.7 Å². The minimum absolute atomic E-state index is 0.000556. The molecule has 3 nitrogen and oxygen atoms in total. The average Bonchev–Trinajstić information content (AvgIpc) is 2.27. The number of ether oxygens (including phenoxy) is 1. The van der Waals surface area contributed by atoms with Crippen molar-refractivity contribution in [3.63, 3.8) is 0 Å². The van der Waals surface area contributed by atoms with E-state index < -0.39 is 0 Å². The molecule has 0 amide bonds. The summed E-state index contributed by atoms with van der Waals surface area (Å²) in [5, 5.41) is 3.54. The van der Waals surface area contributed by atoms with Crippen molar-refractivity contribution >= 4 is 5.97 Å². The Morgan fingerprint density at radius 3 is 2.87 bits per heavy atom. The number of esters is 1. The van der Waals surface area contributed by atoms with Gasteiger partial charge in [-0.2, -0.15) is 0 Å². The Morgan fingerprint density at radius 1 is 1.33 bits per heavy atom. The van der Waals surface area contributed by atoms with E-state index in [-0.39, 0.29) is 11.9 Å². The van der Waals surface area contributed by atoms with Gasteiger partial charge < -0.3 is 10.1 Å². The highest BCUT2D eigenvalue weighted by atomic mass is 16.5. The van der Waals surface area contributed by atoms with Crippen LogP contribution in [0, 0.1) is 17.8 Å². The number of carbonyl (C=O) groups is 1. The maximum atomic E-state index is 11.7. The molecule has 0 radical (unpaired) electrons. The van der Waals surface area contributed by atoms with Crippen LogP contribution in [0.5, 0.6) is 0 Å². The van der Waals surface area contributed by atoms with Gasteiger partial charge >= 0.3 is 5.97 Å². The number of nitrogens with one attached hydrogen (secondary N) is 1. The standard InChI is InChI=1S/C12H21NO2/c1-8-3-4-11-10(7-8)9(5-6-13-11)12(14)15-2/h8-11,13H,3-7H2,1-2H3. The Balaban J connectivity index is 2.07. The van der Waals surface area contributed by atoms with E-state index in [9.17, 15) is 4.79 Å². The third-order valence-corrected chi connectivity index (χ3v) is 4.04. The number of rotatable bonds is 1. The van der Waals surface area contributed by atoms with E-state index in [4.69, 9.17) is 4.74 Å². The Bertz CT molecular complexity index is 242. The van der Waals surface area contributed by atoms with Crippen LogP contribution in [0.25, 0.3) is 0 Å². The minimum atomic E-state index is 0.000556. The maximum absolute atomic E-state index is 11.7. The summed E-state index contributed by atoms with van der Waals surface area (Å²) in [7, 11) is 1.51. The van der Waals surface area contributed by atoms with E-state index in [1.165, 1.54) is 26.4 Å². The second-order valence-corrected chi connectivity index (χ2v) is 5.06. The van der Waals surface area contributed by atoms with Crippen LogP contribution < -0.4 is 5.32 Å². The van der Waals surface area contributed by atoms with Crippen LogP contribution in [0.2, 0.25) is 0 Å². The summed E-state index contributed by atoms with van der Waals surface area (Å²) in [5.41, 5.74) is 0. The summed E-state index contributed by atoms with van der Waals surface area (Å²) in [6.07, 6.45) is 4.64. The normalized spacial score (nSPS) is 40.7. The van der Waals surface area contributed by atoms with Crippen molar-refractivity contribution in [1.29, 1.82) is 0 Å². The zero-order chi connectivity index (χ0) is 10.8. The van der Waals surface area contributed by atoms with Gasteiger partial charge in [0.1, 0.15) is 0 Å². The van der Waals surface area contributed by atoms with E-state index in [0.717, 1.165) is 18.9 Å². The number of carbonyl (C=O) groups excluding carboxylic acids is 1. The number of methoxy groups -OCH3 is 1. The average molecular weight is 211 g/mol. The summed E-state index contributed by atoms with van der Waals surface area (Å²) >= 11 is 0. The van der Waals surface area contributed by atoms with Gasteiger partial charge in [0.2, 0.25) is 0 Å². The molecule has 0 aromatic rings. The molecular weight excluding hydrogens is 190 g/mol. The Morgan fingerprint density at radius 2 is 2.13 bits per heavy atom. The summed E-state index contributed by atoms with van der Waals surface area (Å²) in [6.45, 7) is 3.26. The molecule has 2 fully saturated rings. The predicted octanol–water partition coefficient (Wildman–Crippen LogP) is 1.57. The number of hydrogen-bond donors (Lipinski definition) is 1. The van der Waals surface area contributed by atoms with Gasteiger partial charge in [-0.15, -0.1) is 0 Å². The van der Waals surface area contributed by atoms with Gasteiger partial charge in [-0.05, 0) is 44.1 Å². The third kappa shape index (κ3) is 2.17. The molecule has 4 unspecified atom stereocenters. The highest BCUT2D eigenvalue weighted by Crippen LogP contribution is 2.37. The molecule has 0 bridgehead atoms. The van der Waals surface area contributed by atoms with Gasteiger partial charge in [0, 0.05) is 6.04 Å². The quantitative estimate of drug-likeness (QED) is 0.669. The molecule has 1 aliphatic carbocycles. The smallest absolute Gasteiger partial charge is 0.309 e. The van der Waals surface area contributed by atoms with Gasteiger partial charge in [0.25, 0.3) is 0 Å². The first-order valence-corrected chi connectivity index (χ1v) is 6.03. The number of hydrogen-bond acceptors (Lipinski definition) is 3. The lowest BCUT2D eigenvalue weighted by Crippen LogP contribution is -2.51. The largest absolute Gasteiger partial charge is 0.469 e. The molecule has 4 atom stereocenters. The van der Waals surface area contributed by atoms with Crippen LogP contribution in [0.15, 0.2) is 0 Å². The maximum Gasteiger partial charge on any atom is 0.309 e. The molecule has 3 heteroatoms. The first kappa shape index (κ1) is 10.9. The molecule has 0 spiro atoms. The summed E-state index contributed by atoms with van der Waals surface area (Å²) < 4.78 is 4.91. The van der Waals surface area contributed by atoms with Gasteiger partial charge in [0.15, 0.2) is 0 Å². The predicted molar refractivity (Wildman–Crippen MR) is 58.4 cm³/mol. The molecule has 2 aliphatic rings. The monoisotopic (exact) mass is 211 g/mol. The van der Waals surface area contributed by atoms with E-state index in [2.05, 4.69) is 12.2 Å². The molecule has 1 saturated heterocycles. The van der Waals surface area contributed by atoms with Crippen LogP contribution in [0.3, 0.4) is 0 Å². The molecule has 2 rings (SSSR count). The Hall–Kier alpha value is -0.570. The third-order valence-electron chi connectivity index (χ3n) is 4.04. The fraction of sp³-hybridized carbons (Fsp3) is 0.917. The number of piperidine rings is 1. The summed E-state index contributed by atoms with van der Waals surface area (Å²) in [4.78, 5) is 11.7.